The average molecular weight is 348 g/mol. The molecule has 1 aromatic rings. The molecule has 6 nitrogen and oxygen atoms in total. The Bertz CT molecular complexity index is 492. The first-order valence-corrected chi connectivity index (χ1v) is 7.30. The minimum Gasteiger partial charge on any atom is -0.496 e. The molecule has 0 saturated heterocycles. The van der Waals surface area contributed by atoms with E-state index < -0.39 is 5.97 Å². The topological polar surface area (TPSA) is 57.2 Å². The van der Waals surface area contributed by atoms with Crippen LogP contribution in [-0.4, -0.2) is 58.4 Å². The molecular formula is C16H26ClNO5. The Morgan fingerprint density at radius 1 is 0.957 bits per heavy atom. The summed E-state index contributed by atoms with van der Waals surface area (Å²) in [6.07, 6.45) is 0. The molecule has 0 N–H and O–H groups in total. The highest BCUT2D eigenvalue weighted by molar-refractivity contribution is 5.93. The average Bonchev–Trinajstić information content (AvgIpc) is 2.57. The highest BCUT2D eigenvalue weighted by Gasteiger charge is 2.19. The van der Waals surface area contributed by atoms with E-state index in [1.54, 1.807) is 12.1 Å². The number of methoxy groups -OCH3 is 3. The molecule has 0 heterocycles. The second kappa shape index (κ2) is 11.0. The van der Waals surface area contributed by atoms with E-state index in [0.717, 1.165) is 13.1 Å². The van der Waals surface area contributed by atoms with Gasteiger partial charge in [0.25, 0.3) is 0 Å². The second-order valence-electron chi connectivity index (χ2n) is 4.57. The monoisotopic (exact) mass is 347 g/mol. The first-order valence-electron chi connectivity index (χ1n) is 7.30. The number of hydrogen-bond donors (Lipinski definition) is 0. The van der Waals surface area contributed by atoms with Gasteiger partial charge < -0.3 is 23.8 Å². The molecule has 0 radical (unpaired) electrons. The molecule has 0 unspecified atom stereocenters. The lowest BCUT2D eigenvalue weighted by atomic mass is 10.1. The van der Waals surface area contributed by atoms with E-state index in [-0.39, 0.29) is 12.4 Å². The van der Waals surface area contributed by atoms with Gasteiger partial charge in [0.15, 0.2) is 11.5 Å². The zero-order valence-electron chi connectivity index (χ0n) is 14.4. The molecule has 0 aliphatic carbocycles. The predicted molar refractivity (Wildman–Crippen MR) is 91.4 cm³/mol. The van der Waals surface area contributed by atoms with Gasteiger partial charge in [-0.3, -0.25) is 0 Å². The van der Waals surface area contributed by atoms with Crippen LogP contribution < -0.4 is 14.2 Å². The zero-order chi connectivity index (χ0) is 16.5. The van der Waals surface area contributed by atoms with Gasteiger partial charge in [0, 0.05) is 18.7 Å². The van der Waals surface area contributed by atoms with E-state index in [4.69, 9.17) is 18.9 Å². The summed E-state index contributed by atoms with van der Waals surface area (Å²) in [7, 11) is 4.53. The fraction of sp³-hybridized carbons (Fsp3) is 0.562. The predicted octanol–water partition coefficient (Wildman–Crippen LogP) is 2.63. The molecular weight excluding hydrogens is 322 g/mol. The van der Waals surface area contributed by atoms with E-state index in [1.165, 1.54) is 21.3 Å². The Morgan fingerprint density at radius 3 is 1.96 bits per heavy atom. The molecule has 0 aliphatic heterocycles. The van der Waals surface area contributed by atoms with Crippen molar-refractivity contribution in [2.45, 2.75) is 13.8 Å². The Morgan fingerprint density at radius 2 is 1.48 bits per heavy atom. The van der Waals surface area contributed by atoms with Gasteiger partial charge in [-0.2, -0.15) is 0 Å². The summed E-state index contributed by atoms with van der Waals surface area (Å²) in [6.45, 7) is 7.03. The number of rotatable bonds is 9. The Hall–Kier alpha value is -1.66. The van der Waals surface area contributed by atoms with Gasteiger partial charge in [0.05, 0.1) is 21.3 Å². The van der Waals surface area contributed by atoms with Crippen molar-refractivity contribution in [1.82, 2.24) is 4.90 Å². The lowest BCUT2D eigenvalue weighted by Crippen LogP contribution is -2.28. The summed E-state index contributed by atoms with van der Waals surface area (Å²) in [5.74, 6) is 0.911. The van der Waals surface area contributed by atoms with Gasteiger partial charge >= 0.3 is 5.97 Å². The van der Waals surface area contributed by atoms with Crippen LogP contribution in [0.5, 0.6) is 17.2 Å². The van der Waals surface area contributed by atoms with Crippen LogP contribution in [0.1, 0.15) is 24.2 Å². The second-order valence-corrected chi connectivity index (χ2v) is 4.57. The van der Waals surface area contributed by atoms with Crippen molar-refractivity contribution in [1.29, 1.82) is 0 Å². The van der Waals surface area contributed by atoms with Crippen molar-refractivity contribution in [2.24, 2.45) is 0 Å². The van der Waals surface area contributed by atoms with Crippen molar-refractivity contribution >= 4 is 18.4 Å². The zero-order valence-corrected chi connectivity index (χ0v) is 15.2. The van der Waals surface area contributed by atoms with E-state index in [1.807, 2.05) is 0 Å². The smallest absolute Gasteiger partial charge is 0.342 e. The van der Waals surface area contributed by atoms with Gasteiger partial charge in [-0.05, 0) is 13.1 Å². The van der Waals surface area contributed by atoms with Crippen LogP contribution in [0.3, 0.4) is 0 Å². The fourth-order valence-corrected chi connectivity index (χ4v) is 2.07. The Balaban J connectivity index is 0.00000484. The number of benzene rings is 1. The standard InChI is InChI=1S/C16H25NO5.ClH/c1-6-17(7-2)8-9-22-16(18)12-10-14(20-4)15(21-5)11-13(12)19-3;/h10-11H,6-9H2,1-5H3;1H. The van der Waals surface area contributed by atoms with Crippen LogP contribution in [-0.2, 0) is 4.74 Å². The number of ether oxygens (including phenoxy) is 4. The van der Waals surface area contributed by atoms with E-state index in [2.05, 4.69) is 18.7 Å². The summed E-state index contributed by atoms with van der Waals surface area (Å²) in [5.41, 5.74) is 0.319. The number of carbonyl (C=O) groups excluding carboxylic acids is 1. The molecule has 0 atom stereocenters. The number of halogens is 1. The molecule has 0 fully saturated rings. The molecule has 23 heavy (non-hydrogen) atoms. The summed E-state index contributed by atoms with van der Waals surface area (Å²) in [4.78, 5) is 14.4. The molecule has 0 saturated carbocycles. The molecule has 0 aliphatic rings. The quantitative estimate of drug-likeness (QED) is 0.640. The van der Waals surface area contributed by atoms with E-state index in [0.29, 0.717) is 36.0 Å². The normalized spacial score (nSPS) is 10.0. The van der Waals surface area contributed by atoms with Gasteiger partial charge in [-0.25, -0.2) is 4.79 Å². The van der Waals surface area contributed by atoms with Crippen molar-refractivity contribution < 1.29 is 23.7 Å². The largest absolute Gasteiger partial charge is 0.496 e. The van der Waals surface area contributed by atoms with Crippen LogP contribution in [0.2, 0.25) is 0 Å². The van der Waals surface area contributed by atoms with Crippen molar-refractivity contribution in [3.05, 3.63) is 17.7 Å². The first-order chi connectivity index (χ1) is 10.6. The van der Waals surface area contributed by atoms with E-state index >= 15 is 0 Å². The molecule has 1 aromatic carbocycles. The number of nitrogens with zero attached hydrogens (tertiary/aromatic N) is 1. The lowest BCUT2D eigenvalue weighted by molar-refractivity contribution is 0.0462. The Labute approximate surface area is 144 Å². The third-order valence-corrected chi connectivity index (χ3v) is 3.46. The minimum absolute atomic E-state index is 0. The molecule has 0 bridgehead atoms. The summed E-state index contributed by atoms with van der Waals surface area (Å²) in [6, 6.07) is 3.18. The minimum atomic E-state index is -0.440. The third-order valence-electron chi connectivity index (χ3n) is 3.46. The van der Waals surface area contributed by atoms with Crippen LogP contribution in [0.4, 0.5) is 0 Å². The SMILES string of the molecule is CCN(CC)CCOC(=O)c1cc(OC)c(OC)cc1OC.Cl. The maximum absolute atomic E-state index is 12.2. The third kappa shape index (κ3) is 5.80. The van der Waals surface area contributed by atoms with Crippen LogP contribution >= 0.6 is 12.4 Å². The van der Waals surface area contributed by atoms with E-state index in [9.17, 15) is 4.79 Å². The number of likely N-dealkylation sites (N-methyl/N-ethyl adjacent to an activating group) is 1. The first kappa shape index (κ1) is 21.3. The van der Waals surface area contributed by atoms with Crippen molar-refractivity contribution in [3.63, 3.8) is 0 Å². The molecule has 0 amide bonds. The molecule has 0 aromatic heterocycles. The summed E-state index contributed by atoms with van der Waals surface area (Å²) < 4.78 is 21.0. The molecule has 1 rings (SSSR count). The van der Waals surface area contributed by atoms with Gasteiger partial charge in [0.2, 0.25) is 0 Å². The molecule has 7 heteroatoms. The molecule has 132 valence electrons. The summed E-state index contributed by atoms with van der Waals surface area (Å²) in [5, 5.41) is 0. The number of hydrogen-bond acceptors (Lipinski definition) is 6. The lowest BCUT2D eigenvalue weighted by Gasteiger charge is -2.18. The van der Waals surface area contributed by atoms with Gasteiger partial charge in [-0.15, -0.1) is 12.4 Å². The van der Waals surface area contributed by atoms with Crippen LogP contribution in [0, 0.1) is 0 Å². The number of carbonyl (C=O) groups is 1. The van der Waals surface area contributed by atoms with Crippen molar-refractivity contribution in [3.8, 4) is 17.2 Å². The van der Waals surface area contributed by atoms with Crippen LogP contribution in [0.15, 0.2) is 12.1 Å². The maximum Gasteiger partial charge on any atom is 0.342 e. The van der Waals surface area contributed by atoms with Crippen LogP contribution in [0.25, 0.3) is 0 Å². The number of esters is 1. The van der Waals surface area contributed by atoms with Crippen molar-refractivity contribution in [2.75, 3.05) is 47.6 Å². The Kier molecular flexibility index (Phi) is 10.2. The summed E-state index contributed by atoms with van der Waals surface area (Å²) >= 11 is 0. The highest BCUT2D eigenvalue weighted by Crippen LogP contribution is 2.34. The maximum atomic E-state index is 12.2. The van der Waals surface area contributed by atoms with Gasteiger partial charge in [0.1, 0.15) is 17.9 Å². The highest BCUT2D eigenvalue weighted by atomic mass is 35.5. The molecule has 0 spiro atoms. The fourth-order valence-electron chi connectivity index (χ4n) is 2.07. The van der Waals surface area contributed by atoms with Gasteiger partial charge in [-0.1, -0.05) is 13.8 Å².